The summed E-state index contributed by atoms with van der Waals surface area (Å²) in [4.78, 5) is 12.0. The number of hydrogen-bond acceptors (Lipinski definition) is 3. The summed E-state index contributed by atoms with van der Waals surface area (Å²) in [5.74, 6) is 0.0706. The van der Waals surface area contributed by atoms with Gasteiger partial charge in [0.1, 0.15) is 11.3 Å². The van der Waals surface area contributed by atoms with E-state index >= 15 is 0 Å². The second-order valence-electron chi connectivity index (χ2n) is 4.51. The summed E-state index contributed by atoms with van der Waals surface area (Å²) in [6.07, 6.45) is 0. The lowest BCUT2D eigenvalue weighted by atomic mass is 10.0. The van der Waals surface area contributed by atoms with E-state index in [1.54, 1.807) is 30.3 Å². The molecule has 0 amide bonds. The maximum absolute atomic E-state index is 12.0. The zero-order valence-electron chi connectivity index (χ0n) is 10.4. The number of phenols is 1. The molecule has 3 heteroatoms. The Labute approximate surface area is 109 Å². The average Bonchev–Trinajstić information content (AvgIpc) is 2.39. The highest BCUT2D eigenvalue weighted by molar-refractivity contribution is 5.83. The Morgan fingerprint density at radius 3 is 2.58 bits per heavy atom. The molecule has 0 aliphatic rings. The second kappa shape index (κ2) is 4.28. The predicted molar refractivity (Wildman–Crippen MR) is 74.3 cm³/mol. The first kappa shape index (κ1) is 11.5. The van der Waals surface area contributed by atoms with Gasteiger partial charge in [-0.1, -0.05) is 30.3 Å². The van der Waals surface area contributed by atoms with Crippen LogP contribution in [0.1, 0.15) is 5.56 Å². The molecule has 0 saturated heterocycles. The smallest absolute Gasteiger partial charge is 0.344 e. The van der Waals surface area contributed by atoms with Gasteiger partial charge in [0.2, 0.25) is 0 Å². The molecule has 3 aromatic rings. The third kappa shape index (κ3) is 1.99. The van der Waals surface area contributed by atoms with E-state index < -0.39 is 5.63 Å². The van der Waals surface area contributed by atoms with Crippen molar-refractivity contribution in [3.05, 3.63) is 64.5 Å². The van der Waals surface area contributed by atoms with Crippen LogP contribution >= 0.6 is 0 Å². The lowest BCUT2D eigenvalue weighted by Gasteiger charge is -2.05. The van der Waals surface area contributed by atoms with Gasteiger partial charge in [-0.2, -0.15) is 0 Å². The Balaban J connectivity index is 2.31. The van der Waals surface area contributed by atoms with Crippen LogP contribution in [0.5, 0.6) is 5.75 Å². The first-order valence-electron chi connectivity index (χ1n) is 5.98. The van der Waals surface area contributed by atoms with E-state index in [0.717, 1.165) is 10.9 Å². The maximum atomic E-state index is 12.0. The molecule has 3 rings (SSSR count). The average molecular weight is 252 g/mol. The first-order chi connectivity index (χ1) is 9.15. The highest BCUT2D eigenvalue weighted by Crippen LogP contribution is 2.28. The van der Waals surface area contributed by atoms with Gasteiger partial charge in [-0.3, -0.25) is 0 Å². The molecule has 0 bridgehead atoms. The molecular formula is C16H12O3. The SMILES string of the molecule is Cc1ccc2cc(-c3ccccc3O)c(=O)oc2c1. The molecule has 3 nitrogen and oxygen atoms in total. The van der Waals surface area contributed by atoms with Gasteiger partial charge in [0.25, 0.3) is 0 Å². The first-order valence-corrected chi connectivity index (χ1v) is 5.98. The van der Waals surface area contributed by atoms with Crippen molar-refractivity contribution in [2.24, 2.45) is 0 Å². The fraction of sp³-hybridized carbons (Fsp3) is 0.0625. The fourth-order valence-electron chi connectivity index (χ4n) is 2.11. The van der Waals surface area contributed by atoms with Crippen LogP contribution in [-0.2, 0) is 0 Å². The molecule has 0 saturated carbocycles. The Bertz CT molecular complexity index is 816. The standard InChI is InChI=1S/C16H12O3/c1-10-6-7-11-9-13(16(18)19-15(11)8-10)12-4-2-3-5-14(12)17/h2-9,17H,1H3. The predicted octanol–water partition coefficient (Wildman–Crippen LogP) is 3.47. The number of aromatic hydroxyl groups is 1. The monoisotopic (exact) mass is 252 g/mol. The van der Waals surface area contributed by atoms with Gasteiger partial charge in [-0.05, 0) is 30.7 Å². The van der Waals surface area contributed by atoms with E-state index in [4.69, 9.17) is 4.42 Å². The van der Waals surface area contributed by atoms with Crippen LogP contribution < -0.4 is 5.63 Å². The van der Waals surface area contributed by atoms with E-state index in [1.807, 2.05) is 25.1 Å². The lowest BCUT2D eigenvalue weighted by molar-refractivity contribution is 0.476. The maximum Gasteiger partial charge on any atom is 0.344 e. The Hall–Kier alpha value is -2.55. The van der Waals surface area contributed by atoms with Crippen LogP contribution in [0.3, 0.4) is 0 Å². The van der Waals surface area contributed by atoms with E-state index in [0.29, 0.717) is 16.7 Å². The molecule has 1 heterocycles. The number of aryl methyl sites for hydroxylation is 1. The van der Waals surface area contributed by atoms with Gasteiger partial charge in [0.05, 0.1) is 5.56 Å². The molecule has 19 heavy (non-hydrogen) atoms. The Kier molecular flexibility index (Phi) is 2.60. The van der Waals surface area contributed by atoms with Gasteiger partial charge in [0, 0.05) is 10.9 Å². The summed E-state index contributed by atoms with van der Waals surface area (Å²) in [5, 5.41) is 10.7. The van der Waals surface area contributed by atoms with Crippen LogP contribution in [0.2, 0.25) is 0 Å². The third-order valence-corrected chi connectivity index (χ3v) is 3.09. The molecule has 0 aliphatic carbocycles. The number of fused-ring (bicyclic) bond motifs is 1. The van der Waals surface area contributed by atoms with E-state index in [1.165, 1.54) is 0 Å². The van der Waals surface area contributed by atoms with Crippen LogP contribution in [0.4, 0.5) is 0 Å². The van der Waals surface area contributed by atoms with Crippen molar-refractivity contribution in [3.63, 3.8) is 0 Å². The molecule has 0 atom stereocenters. The second-order valence-corrected chi connectivity index (χ2v) is 4.51. The van der Waals surface area contributed by atoms with Crippen molar-refractivity contribution in [3.8, 4) is 16.9 Å². The van der Waals surface area contributed by atoms with Gasteiger partial charge in [0.15, 0.2) is 0 Å². The van der Waals surface area contributed by atoms with Crippen LogP contribution in [0.15, 0.2) is 57.7 Å². The number of hydrogen-bond donors (Lipinski definition) is 1. The highest BCUT2D eigenvalue weighted by atomic mass is 16.4. The summed E-state index contributed by atoms with van der Waals surface area (Å²) >= 11 is 0. The van der Waals surface area contributed by atoms with Crippen LogP contribution in [0, 0.1) is 6.92 Å². The van der Waals surface area contributed by atoms with Crippen molar-refractivity contribution in [1.29, 1.82) is 0 Å². The quantitative estimate of drug-likeness (QED) is 0.674. The number of para-hydroxylation sites is 1. The van der Waals surface area contributed by atoms with Crippen molar-refractivity contribution < 1.29 is 9.52 Å². The molecule has 2 aromatic carbocycles. The third-order valence-electron chi connectivity index (χ3n) is 3.09. The van der Waals surface area contributed by atoms with Gasteiger partial charge < -0.3 is 9.52 Å². The number of phenolic OH excluding ortho intramolecular Hbond substituents is 1. The molecule has 0 spiro atoms. The van der Waals surface area contributed by atoms with Crippen LogP contribution in [-0.4, -0.2) is 5.11 Å². The van der Waals surface area contributed by atoms with E-state index in [-0.39, 0.29) is 5.75 Å². The largest absolute Gasteiger partial charge is 0.507 e. The summed E-state index contributed by atoms with van der Waals surface area (Å²) in [7, 11) is 0. The normalized spacial score (nSPS) is 10.8. The van der Waals surface area contributed by atoms with Gasteiger partial charge in [-0.25, -0.2) is 4.79 Å². The summed E-state index contributed by atoms with van der Waals surface area (Å²) in [5.41, 5.74) is 2.00. The molecule has 1 N–H and O–H groups in total. The molecule has 94 valence electrons. The minimum atomic E-state index is -0.445. The summed E-state index contributed by atoms with van der Waals surface area (Å²) in [6, 6.07) is 14.2. The zero-order valence-corrected chi connectivity index (χ0v) is 10.4. The zero-order chi connectivity index (χ0) is 13.4. The van der Waals surface area contributed by atoms with Crippen molar-refractivity contribution in [1.82, 2.24) is 0 Å². The molecule has 0 aliphatic heterocycles. The van der Waals surface area contributed by atoms with Crippen molar-refractivity contribution in [2.75, 3.05) is 0 Å². The molecule has 1 aromatic heterocycles. The topological polar surface area (TPSA) is 50.4 Å². The fourth-order valence-corrected chi connectivity index (χ4v) is 2.11. The Morgan fingerprint density at radius 1 is 1.00 bits per heavy atom. The summed E-state index contributed by atoms with van der Waals surface area (Å²) in [6.45, 7) is 1.94. The minimum absolute atomic E-state index is 0.0706. The number of benzene rings is 2. The molecule has 0 unspecified atom stereocenters. The van der Waals surface area contributed by atoms with E-state index in [2.05, 4.69) is 0 Å². The molecular weight excluding hydrogens is 240 g/mol. The molecule has 0 fully saturated rings. The van der Waals surface area contributed by atoms with Gasteiger partial charge in [-0.15, -0.1) is 0 Å². The van der Waals surface area contributed by atoms with E-state index in [9.17, 15) is 9.90 Å². The van der Waals surface area contributed by atoms with Crippen LogP contribution in [0.25, 0.3) is 22.1 Å². The van der Waals surface area contributed by atoms with Crippen molar-refractivity contribution >= 4 is 11.0 Å². The highest BCUT2D eigenvalue weighted by Gasteiger charge is 2.10. The summed E-state index contributed by atoms with van der Waals surface area (Å²) < 4.78 is 5.32. The minimum Gasteiger partial charge on any atom is -0.507 e. The van der Waals surface area contributed by atoms with Crippen molar-refractivity contribution in [2.45, 2.75) is 6.92 Å². The molecule has 0 radical (unpaired) electrons. The Morgan fingerprint density at radius 2 is 1.79 bits per heavy atom. The number of rotatable bonds is 1. The lowest BCUT2D eigenvalue weighted by Crippen LogP contribution is -2.02. The van der Waals surface area contributed by atoms with Gasteiger partial charge >= 0.3 is 5.63 Å².